The van der Waals surface area contributed by atoms with Crippen LogP contribution in [0.5, 0.6) is 5.75 Å². The van der Waals surface area contributed by atoms with Crippen molar-refractivity contribution in [2.24, 2.45) is 5.92 Å². The summed E-state index contributed by atoms with van der Waals surface area (Å²) in [4.78, 5) is 40.1. The Morgan fingerprint density at radius 3 is 2.44 bits per heavy atom. The van der Waals surface area contributed by atoms with Crippen molar-refractivity contribution in [3.05, 3.63) is 81.2 Å². The summed E-state index contributed by atoms with van der Waals surface area (Å²) in [5.74, 6) is 1.96. The number of rotatable bonds is 10. The molecular formula is C36H48FN5O3. The van der Waals surface area contributed by atoms with Gasteiger partial charge in [0, 0.05) is 26.2 Å². The monoisotopic (exact) mass is 617 g/mol. The van der Waals surface area contributed by atoms with Gasteiger partial charge in [0.15, 0.2) is 0 Å². The zero-order valence-corrected chi connectivity index (χ0v) is 27.7. The molecule has 2 aliphatic rings. The van der Waals surface area contributed by atoms with Gasteiger partial charge in [-0.05, 0) is 121 Å². The molecular weight excluding hydrogens is 569 g/mol. The van der Waals surface area contributed by atoms with Gasteiger partial charge in [0.05, 0.1) is 30.3 Å². The van der Waals surface area contributed by atoms with Crippen LogP contribution >= 0.6 is 0 Å². The normalized spacial score (nSPS) is 16.5. The van der Waals surface area contributed by atoms with Gasteiger partial charge in [-0.2, -0.15) is 0 Å². The summed E-state index contributed by atoms with van der Waals surface area (Å²) in [6.45, 7) is 14.0. The summed E-state index contributed by atoms with van der Waals surface area (Å²) < 4.78 is 21.4. The third kappa shape index (κ3) is 7.24. The average molecular weight is 618 g/mol. The molecule has 0 spiro atoms. The van der Waals surface area contributed by atoms with Crippen LogP contribution in [0.15, 0.2) is 47.3 Å². The number of anilines is 1. The molecule has 0 unspecified atom stereocenters. The highest BCUT2D eigenvalue weighted by Crippen LogP contribution is 2.30. The average Bonchev–Trinajstić information content (AvgIpc) is 3.02. The highest BCUT2D eigenvalue weighted by atomic mass is 19.1. The van der Waals surface area contributed by atoms with Crippen LogP contribution in [0, 0.1) is 18.7 Å². The number of amides is 1. The minimum atomic E-state index is -0.484. The third-order valence-electron chi connectivity index (χ3n) is 9.44. The molecule has 1 amide bonds. The Morgan fingerprint density at radius 1 is 1.09 bits per heavy atom. The van der Waals surface area contributed by atoms with Crippen molar-refractivity contribution in [3.63, 3.8) is 0 Å². The van der Waals surface area contributed by atoms with Crippen molar-refractivity contribution >= 4 is 11.7 Å². The molecule has 242 valence electrons. The van der Waals surface area contributed by atoms with E-state index in [-0.39, 0.29) is 23.7 Å². The van der Waals surface area contributed by atoms with Gasteiger partial charge in [0.2, 0.25) is 5.91 Å². The fourth-order valence-corrected chi connectivity index (χ4v) is 6.72. The molecule has 8 nitrogen and oxygen atoms in total. The lowest BCUT2D eigenvalue weighted by Gasteiger charge is -2.39. The predicted molar refractivity (Wildman–Crippen MR) is 177 cm³/mol. The SMILES string of the molecule is CCOc1ccc(-n2c([C@@H](C)N(CC3CCN(C(C)C)CC3)C(=O)Cc3ccc(F)c(C)c3)nc3c(c2=O)CCCN3C)cc1. The van der Waals surface area contributed by atoms with Gasteiger partial charge < -0.3 is 19.4 Å². The number of likely N-dealkylation sites (tertiary alicyclic amines) is 1. The summed E-state index contributed by atoms with van der Waals surface area (Å²) in [6.07, 6.45) is 3.69. The zero-order chi connectivity index (χ0) is 32.2. The minimum Gasteiger partial charge on any atom is -0.494 e. The van der Waals surface area contributed by atoms with Crippen LogP contribution in [0.2, 0.25) is 0 Å². The van der Waals surface area contributed by atoms with E-state index in [9.17, 15) is 14.0 Å². The first-order valence-electron chi connectivity index (χ1n) is 16.5. The number of fused-ring (bicyclic) bond motifs is 1. The minimum absolute atomic E-state index is 0.0571. The van der Waals surface area contributed by atoms with Crippen LogP contribution in [0.1, 0.15) is 75.5 Å². The number of carbonyl (C=O) groups excluding carboxylic acids is 1. The van der Waals surface area contributed by atoms with E-state index in [1.54, 1.807) is 23.6 Å². The molecule has 1 saturated heterocycles. The summed E-state index contributed by atoms with van der Waals surface area (Å²) in [5.41, 5.74) is 2.59. The number of aromatic nitrogens is 2. The molecule has 45 heavy (non-hydrogen) atoms. The van der Waals surface area contributed by atoms with E-state index in [4.69, 9.17) is 9.72 Å². The molecule has 3 aromatic rings. The molecule has 3 heterocycles. The fourth-order valence-electron chi connectivity index (χ4n) is 6.72. The van der Waals surface area contributed by atoms with Crippen molar-refractivity contribution in [2.75, 3.05) is 44.7 Å². The van der Waals surface area contributed by atoms with Crippen LogP contribution in [0.25, 0.3) is 5.69 Å². The lowest BCUT2D eigenvalue weighted by atomic mass is 9.94. The quantitative estimate of drug-likeness (QED) is 0.290. The van der Waals surface area contributed by atoms with Gasteiger partial charge in [0.25, 0.3) is 5.56 Å². The second kappa shape index (κ2) is 14.1. The molecule has 9 heteroatoms. The molecule has 5 rings (SSSR count). The Morgan fingerprint density at radius 2 is 1.80 bits per heavy atom. The summed E-state index contributed by atoms with van der Waals surface area (Å²) in [6, 6.07) is 12.4. The second-order valence-corrected chi connectivity index (χ2v) is 12.9. The van der Waals surface area contributed by atoms with Gasteiger partial charge in [-0.15, -0.1) is 0 Å². The Hall–Kier alpha value is -3.72. The first kappa shape index (κ1) is 32.7. The number of benzene rings is 2. The van der Waals surface area contributed by atoms with Crippen molar-refractivity contribution < 1.29 is 13.9 Å². The molecule has 1 aromatic heterocycles. The predicted octanol–water partition coefficient (Wildman–Crippen LogP) is 5.71. The zero-order valence-electron chi connectivity index (χ0n) is 27.7. The van der Waals surface area contributed by atoms with E-state index in [0.717, 1.165) is 50.2 Å². The van der Waals surface area contributed by atoms with Gasteiger partial charge >= 0.3 is 0 Å². The van der Waals surface area contributed by atoms with E-state index in [0.29, 0.717) is 60.0 Å². The Labute approximate surface area is 266 Å². The highest BCUT2D eigenvalue weighted by Gasteiger charge is 2.32. The van der Waals surface area contributed by atoms with Gasteiger partial charge in [0.1, 0.15) is 23.2 Å². The smallest absolute Gasteiger partial charge is 0.263 e. The van der Waals surface area contributed by atoms with Crippen LogP contribution in [0.4, 0.5) is 10.2 Å². The lowest BCUT2D eigenvalue weighted by molar-refractivity contribution is -0.134. The van der Waals surface area contributed by atoms with Crippen LogP contribution in [-0.2, 0) is 17.6 Å². The van der Waals surface area contributed by atoms with Crippen LogP contribution in [-0.4, -0.2) is 71.1 Å². The Kier molecular flexibility index (Phi) is 10.3. The number of aryl methyl sites for hydroxylation is 1. The molecule has 0 bridgehead atoms. The number of piperidine rings is 1. The number of nitrogens with zero attached hydrogens (tertiary/aromatic N) is 5. The number of halogens is 1. The van der Waals surface area contributed by atoms with Crippen LogP contribution < -0.4 is 15.2 Å². The summed E-state index contributed by atoms with van der Waals surface area (Å²) >= 11 is 0. The summed E-state index contributed by atoms with van der Waals surface area (Å²) in [7, 11) is 1.97. The standard InChI is InChI=1S/C36H48FN5O3/c1-7-45-30-13-11-29(12-14-30)42-34(38-35-31(36(42)44)9-8-18-39(35)6)26(5)41(23-27-16-19-40(20-17-27)24(2)3)33(43)22-28-10-15-32(37)25(4)21-28/h10-15,21,24,26-27H,7-9,16-20,22-23H2,1-6H3/t26-/m1/s1. The Balaban J connectivity index is 1.56. The maximum absolute atomic E-state index is 14.3. The van der Waals surface area contributed by atoms with Crippen molar-refractivity contribution in [2.45, 2.75) is 78.8 Å². The molecule has 1 atom stereocenters. The molecule has 2 aliphatic heterocycles. The van der Waals surface area contributed by atoms with E-state index in [1.807, 2.05) is 55.0 Å². The van der Waals surface area contributed by atoms with Crippen LogP contribution in [0.3, 0.4) is 0 Å². The number of hydrogen-bond donors (Lipinski definition) is 0. The molecule has 0 radical (unpaired) electrons. The van der Waals surface area contributed by atoms with Gasteiger partial charge in [-0.3, -0.25) is 14.2 Å². The van der Waals surface area contributed by atoms with Gasteiger partial charge in [-0.25, -0.2) is 9.37 Å². The van der Waals surface area contributed by atoms with E-state index >= 15 is 0 Å². The highest BCUT2D eigenvalue weighted by molar-refractivity contribution is 5.79. The maximum atomic E-state index is 14.3. The topological polar surface area (TPSA) is 70.9 Å². The third-order valence-corrected chi connectivity index (χ3v) is 9.44. The van der Waals surface area contributed by atoms with Gasteiger partial charge in [-0.1, -0.05) is 12.1 Å². The lowest BCUT2D eigenvalue weighted by Crippen LogP contribution is -2.45. The molecule has 0 N–H and O–H groups in total. The number of ether oxygens (including phenoxy) is 1. The van der Waals surface area contributed by atoms with E-state index < -0.39 is 6.04 Å². The number of carbonyl (C=O) groups is 1. The maximum Gasteiger partial charge on any atom is 0.263 e. The second-order valence-electron chi connectivity index (χ2n) is 12.9. The van der Waals surface area contributed by atoms with Crippen molar-refractivity contribution in [1.29, 1.82) is 0 Å². The molecule has 0 saturated carbocycles. The largest absolute Gasteiger partial charge is 0.494 e. The summed E-state index contributed by atoms with van der Waals surface area (Å²) in [5, 5.41) is 0. The first-order valence-corrected chi connectivity index (χ1v) is 16.5. The fraction of sp³-hybridized carbons (Fsp3) is 0.528. The molecule has 2 aromatic carbocycles. The van der Waals surface area contributed by atoms with E-state index in [2.05, 4.69) is 18.7 Å². The van der Waals surface area contributed by atoms with Crippen molar-refractivity contribution in [1.82, 2.24) is 19.4 Å². The van der Waals surface area contributed by atoms with Crippen molar-refractivity contribution in [3.8, 4) is 11.4 Å². The Bertz CT molecular complexity index is 1550. The van der Waals surface area contributed by atoms with E-state index in [1.165, 1.54) is 6.07 Å². The first-order chi connectivity index (χ1) is 21.6. The molecule has 0 aliphatic carbocycles. The molecule has 1 fully saturated rings. The number of hydrogen-bond acceptors (Lipinski definition) is 6.